The summed E-state index contributed by atoms with van der Waals surface area (Å²) in [4.78, 5) is 0. The topological polar surface area (TPSA) is 9.23 Å². The predicted molar refractivity (Wildman–Crippen MR) is 78.0 cm³/mol. The molecule has 0 atom stereocenters. The van der Waals surface area contributed by atoms with Gasteiger partial charge in [-0.2, -0.15) is 0 Å². The van der Waals surface area contributed by atoms with Crippen LogP contribution in [0, 0.1) is 38.7 Å². The Morgan fingerprint density at radius 1 is 0.857 bits per heavy atom. The summed E-state index contributed by atoms with van der Waals surface area (Å²) in [5.41, 5.74) is -0.504. The third-order valence-corrected chi connectivity index (χ3v) is 3.58. The summed E-state index contributed by atoms with van der Waals surface area (Å²) in [5, 5.41) is 0. The molecule has 0 aromatic heterocycles. The summed E-state index contributed by atoms with van der Waals surface area (Å²) in [6.07, 6.45) is 0. The first kappa shape index (κ1) is 15.6. The van der Waals surface area contributed by atoms with Crippen molar-refractivity contribution >= 4 is 22.6 Å². The Balaban J connectivity index is 2.47. The van der Waals surface area contributed by atoms with Gasteiger partial charge in [-0.1, -0.05) is 11.8 Å². The molecule has 0 saturated carbocycles. The monoisotopic (exact) mass is 406 g/mol. The largest absolute Gasteiger partial charge is 0.497 e. The molecule has 21 heavy (non-hydrogen) atoms. The van der Waals surface area contributed by atoms with E-state index >= 15 is 0 Å². The van der Waals surface area contributed by atoms with Crippen molar-refractivity contribution in [3.8, 4) is 17.6 Å². The lowest BCUT2D eigenvalue weighted by atomic mass is 10.1. The zero-order chi connectivity index (χ0) is 15.6. The van der Waals surface area contributed by atoms with Gasteiger partial charge in [0.2, 0.25) is 0 Å². The fraction of sp³-hybridized carbons (Fsp3) is 0.0667. The summed E-state index contributed by atoms with van der Waals surface area (Å²) in [7, 11) is 1.49. The van der Waals surface area contributed by atoms with Gasteiger partial charge >= 0.3 is 0 Å². The van der Waals surface area contributed by atoms with Crippen LogP contribution >= 0.6 is 22.6 Å². The van der Waals surface area contributed by atoms with Crippen LogP contribution in [-0.2, 0) is 0 Å². The lowest BCUT2D eigenvalue weighted by Crippen LogP contribution is -2.03. The van der Waals surface area contributed by atoms with Gasteiger partial charge in [-0.25, -0.2) is 17.6 Å². The molecule has 6 heteroatoms. The van der Waals surface area contributed by atoms with Crippen LogP contribution in [0.15, 0.2) is 24.3 Å². The van der Waals surface area contributed by atoms with Crippen molar-refractivity contribution in [3.05, 3.63) is 62.2 Å². The van der Waals surface area contributed by atoms with Gasteiger partial charge in [0.05, 0.1) is 10.7 Å². The number of halogens is 5. The lowest BCUT2D eigenvalue weighted by molar-refractivity contribution is 0.415. The standard InChI is InChI=1S/C15H7F4IO/c1-21-9-5-2-8(3-6-9)4-7-10-11(16)13(18)15(20)14(19)12(10)17/h2-3,5-6H,1H3. The molecule has 2 aromatic rings. The van der Waals surface area contributed by atoms with Crippen LogP contribution in [0.5, 0.6) is 5.75 Å². The minimum absolute atomic E-state index is 0.425. The molecular weight excluding hydrogens is 399 g/mol. The van der Waals surface area contributed by atoms with E-state index in [4.69, 9.17) is 4.74 Å². The molecule has 0 spiro atoms. The van der Waals surface area contributed by atoms with Crippen LogP contribution in [0.4, 0.5) is 17.6 Å². The highest BCUT2D eigenvalue weighted by atomic mass is 127. The minimum atomic E-state index is -1.50. The normalized spacial score (nSPS) is 10.0. The van der Waals surface area contributed by atoms with Crippen molar-refractivity contribution in [2.75, 3.05) is 7.11 Å². The van der Waals surface area contributed by atoms with Crippen molar-refractivity contribution in [1.82, 2.24) is 0 Å². The van der Waals surface area contributed by atoms with E-state index in [1.54, 1.807) is 24.3 Å². The highest BCUT2D eigenvalue weighted by Gasteiger charge is 2.22. The van der Waals surface area contributed by atoms with Crippen LogP contribution in [0.2, 0.25) is 0 Å². The first-order valence-electron chi connectivity index (χ1n) is 5.63. The van der Waals surface area contributed by atoms with Gasteiger partial charge in [0.25, 0.3) is 0 Å². The van der Waals surface area contributed by atoms with Crippen LogP contribution < -0.4 is 4.74 Å². The predicted octanol–water partition coefficient (Wildman–Crippen LogP) is 4.26. The molecule has 0 unspecified atom stereocenters. The average molecular weight is 406 g/mol. The van der Waals surface area contributed by atoms with Gasteiger partial charge in [0.15, 0.2) is 23.3 Å². The lowest BCUT2D eigenvalue weighted by Gasteiger charge is -2.03. The molecule has 0 heterocycles. The van der Waals surface area contributed by atoms with Gasteiger partial charge in [-0.3, -0.25) is 0 Å². The molecule has 0 radical (unpaired) electrons. The van der Waals surface area contributed by atoms with Gasteiger partial charge in [-0.05, 0) is 46.9 Å². The van der Waals surface area contributed by atoms with E-state index in [1.165, 1.54) is 29.7 Å². The minimum Gasteiger partial charge on any atom is -0.497 e. The first-order chi connectivity index (χ1) is 9.95. The van der Waals surface area contributed by atoms with Crippen molar-refractivity contribution in [2.45, 2.75) is 0 Å². The van der Waals surface area contributed by atoms with Crippen molar-refractivity contribution in [3.63, 3.8) is 0 Å². The molecule has 0 aliphatic rings. The Morgan fingerprint density at radius 2 is 1.38 bits per heavy atom. The summed E-state index contributed by atoms with van der Waals surface area (Å²) < 4.78 is 58.2. The molecule has 0 fully saturated rings. The van der Waals surface area contributed by atoms with Crippen molar-refractivity contribution in [2.24, 2.45) is 0 Å². The van der Waals surface area contributed by atoms with E-state index in [2.05, 4.69) is 11.8 Å². The quantitative estimate of drug-likeness (QED) is 0.226. The van der Waals surface area contributed by atoms with Crippen LogP contribution in [0.3, 0.4) is 0 Å². The molecular formula is C15H7F4IO. The van der Waals surface area contributed by atoms with Crippen LogP contribution in [0.25, 0.3) is 0 Å². The van der Waals surface area contributed by atoms with Gasteiger partial charge in [0, 0.05) is 5.56 Å². The highest BCUT2D eigenvalue weighted by molar-refractivity contribution is 14.1. The fourth-order valence-corrected chi connectivity index (χ4v) is 2.00. The van der Waals surface area contributed by atoms with Gasteiger partial charge < -0.3 is 4.74 Å². The number of hydrogen-bond acceptors (Lipinski definition) is 1. The van der Waals surface area contributed by atoms with E-state index in [9.17, 15) is 17.6 Å². The van der Waals surface area contributed by atoms with Gasteiger partial charge in [0.1, 0.15) is 11.3 Å². The highest BCUT2D eigenvalue weighted by Crippen LogP contribution is 2.24. The number of methoxy groups -OCH3 is 1. The van der Waals surface area contributed by atoms with Crippen molar-refractivity contribution < 1.29 is 22.3 Å². The van der Waals surface area contributed by atoms with Crippen LogP contribution in [0.1, 0.15) is 11.1 Å². The smallest absolute Gasteiger partial charge is 0.178 e. The number of ether oxygens (including phenoxy) is 1. The maximum atomic E-state index is 13.6. The van der Waals surface area contributed by atoms with E-state index in [-0.39, 0.29) is 0 Å². The molecule has 108 valence electrons. The zero-order valence-corrected chi connectivity index (χ0v) is 12.8. The summed E-state index contributed by atoms with van der Waals surface area (Å²) in [5.74, 6) is -0.749. The molecule has 0 bridgehead atoms. The zero-order valence-electron chi connectivity index (χ0n) is 10.6. The Labute approximate surface area is 132 Å². The molecule has 1 nitrogen and oxygen atoms in total. The molecule has 0 amide bonds. The van der Waals surface area contributed by atoms with Crippen LogP contribution in [-0.4, -0.2) is 7.11 Å². The molecule has 0 aliphatic carbocycles. The fourth-order valence-electron chi connectivity index (χ4n) is 1.52. The van der Waals surface area contributed by atoms with E-state index in [0.717, 1.165) is 0 Å². The maximum absolute atomic E-state index is 13.6. The molecule has 2 rings (SSSR count). The number of hydrogen-bond donors (Lipinski definition) is 0. The molecule has 0 N–H and O–H groups in total. The van der Waals surface area contributed by atoms with E-state index < -0.39 is 32.4 Å². The molecule has 2 aromatic carbocycles. The molecule has 0 saturated heterocycles. The Morgan fingerprint density at radius 3 is 1.86 bits per heavy atom. The third kappa shape index (κ3) is 3.13. The van der Waals surface area contributed by atoms with Crippen molar-refractivity contribution in [1.29, 1.82) is 0 Å². The second-order valence-electron chi connectivity index (χ2n) is 3.92. The first-order valence-corrected chi connectivity index (χ1v) is 6.71. The summed E-state index contributed by atoms with van der Waals surface area (Å²) >= 11 is 1.19. The average Bonchev–Trinajstić information content (AvgIpc) is 2.51. The van der Waals surface area contributed by atoms with E-state index in [1.807, 2.05) is 0 Å². The summed E-state index contributed by atoms with van der Waals surface area (Å²) in [6, 6.07) is 6.32. The Hall–Kier alpha value is -1.75. The second kappa shape index (κ2) is 6.35. The SMILES string of the molecule is COc1ccc(C#Cc2c(F)c(F)c(I)c(F)c2F)cc1. The van der Waals surface area contributed by atoms with Gasteiger partial charge in [-0.15, -0.1) is 0 Å². The Kier molecular flexibility index (Phi) is 4.73. The summed E-state index contributed by atoms with van der Waals surface area (Å²) in [6.45, 7) is 0. The third-order valence-electron chi connectivity index (χ3n) is 2.63. The Bertz CT molecular complexity index is 716. The van der Waals surface area contributed by atoms with E-state index in [0.29, 0.717) is 11.3 Å². The number of rotatable bonds is 1. The second-order valence-corrected chi connectivity index (χ2v) is 5.00. The maximum Gasteiger partial charge on any atom is 0.178 e. The number of benzene rings is 2. The molecule has 0 aliphatic heterocycles.